The van der Waals surface area contributed by atoms with E-state index < -0.39 is 224 Å². The molecule has 0 radical (unpaired) electrons. The van der Waals surface area contributed by atoms with Gasteiger partial charge >= 0.3 is 24.1 Å². The number of ether oxygens (including phenoxy) is 8. The molecule has 750 valence electrons. The Morgan fingerprint density at radius 2 is 0.985 bits per heavy atom. The van der Waals surface area contributed by atoms with Crippen molar-refractivity contribution in [2.24, 2.45) is 47.3 Å². The normalized spacial score (nSPS) is 20.6. The third kappa shape index (κ3) is 28.6. The molecule has 4 aromatic rings. The molecule has 3 aliphatic rings. The van der Waals surface area contributed by atoms with Crippen LogP contribution in [0.15, 0.2) is 83.3 Å². The van der Waals surface area contributed by atoms with Crippen LogP contribution in [0.3, 0.4) is 0 Å². The van der Waals surface area contributed by atoms with Gasteiger partial charge in [-0.1, -0.05) is 170 Å². The smallest absolute Gasteiger partial charge is 0.410 e. The summed E-state index contributed by atoms with van der Waals surface area (Å²) in [6.45, 7) is 24.2. The SMILES string of the molecule is C#CCC(OC(=O)N(C)[C@H](C(=O)N[C@H](C(=O)N(C)[C@@H](C(C)CC)[C@@H](CC(=O)N1CCC[C@H]1[C@H](OC)[C@@H](C)C(=O)NC(Cc1ccccc1)C(=O)O)OC)C(C)C)C(C)C)c1ccc(O[C@H]2C[C@@H](O)[C@@H](O)[C@@H](CO)O2)c2cc(COC(=O)N(C)[C@H](C(=O)N[C@H](C(=O)N(C)[C@@H](C(C)CC)[C@@H](CC(=O)N3CCC[C@H]3[C@H](OC)[C@@H](C)C(=O)NC(Cc3ccccc3)C(=O)O)OC)C(C)C)C(C)C)oc12. The van der Waals surface area contributed by atoms with Crippen molar-refractivity contribution in [3.63, 3.8) is 0 Å². The predicted octanol–water partition coefficient (Wildman–Crippen LogP) is 8.14. The number of hydrogen-bond donors (Lipinski definition) is 9. The summed E-state index contributed by atoms with van der Waals surface area (Å²) in [5, 5.41) is 63.3. The fraction of sp³-hybridized carbons (Fsp3) is 0.657. The van der Waals surface area contributed by atoms with Crippen molar-refractivity contribution in [2.75, 3.05) is 76.3 Å². The number of rotatable bonds is 50. The third-order valence-corrected chi connectivity index (χ3v) is 26.9. The number of likely N-dealkylation sites (N-methyl/N-ethyl adjacent to an activating group) is 4. The molecule has 36 heteroatoms. The Bertz CT molecular complexity index is 4630. The van der Waals surface area contributed by atoms with Gasteiger partial charge < -0.3 is 109 Å². The van der Waals surface area contributed by atoms with Gasteiger partial charge in [0.15, 0.2) is 6.61 Å². The van der Waals surface area contributed by atoms with E-state index in [0.717, 1.165) is 20.9 Å². The second-order valence-corrected chi connectivity index (χ2v) is 37.6. The van der Waals surface area contributed by atoms with Crippen LogP contribution in [0.5, 0.6) is 5.75 Å². The number of nitrogens with one attached hydrogen (secondary N) is 4. The molecule has 135 heavy (non-hydrogen) atoms. The van der Waals surface area contributed by atoms with E-state index >= 15 is 14.4 Å². The number of carbonyl (C=O) groups is 12. The van der Waals surface area contributed by atoms with Crippen molar-refractivity contribution >= 4 is 82.4 Å². The van der Waals surface area contributed by atoms with Crippen LogP contribution in [0, 0.1) is 59.7 Å². The number of aliphatic hydroxyl groups is 3. The standard InChI is InChI=1S/C99H148N10O26/c1-24-35-72(135-99(126)107(19)83(57(10)11)93(118)103-81(55(6)7)95(120)105(17)85(59(13)26-3)75(128-21)51-78(113)109-45-34-41-70(109)88(130-23)61(15)91(116)101-68(97(123)124)47-63-38-31-28-32-39-63)65-42-43-73(133-79-49-71(111)86(114)76(52-110)134-79)66-48-64(132-89(65)66)53-131-98(125)106(18)82(56(8)9)92(117)102-80(54(4)5)94(119)104(16)84(58(12)25-2)74(127-20)50-77(112)108-44-33-40-69(108)87(129-22)60(14)90(115)100-67(96(121)122)46-62-36-29-27-30-37-62/h1,27-32,36-39,42-43,48,54-61,67-72,74-76,79-88,110-111,114H,25-26,33-35,40-41,44-47,49-53H2,2-23H3,(H,100,115)(H,101,116)(H,102,117)(H,103,118)(H,121,122)(H,123,124)/t58?,59?,60-,61-,67?,68?,69+,70+,71-,72?,74-,75-,76-,79-,80+,81+,82+,83+,84+,85+,86-,87-,88-/m1/s1. The Kier molecular flexibility index (Phi) is 43.1. The first-order valence-electron chi connectivity index (χ1n) is 47.0. The fourth-order valence-corrected chi connectivity index (χ4v) is 19.0. The zero-order chi connectivity index (χ0) is 100. The van der Waals surface area contributed by atoms with E-state index in [9.17, 15) is 68.7 Å². The number of aliphatic carboxylic acids is 2. The number of fused-ring (bicyclic) bond motifs is 1. The van der Waals surface area contributed by atoms with Crippen molar-refractivity contribution in [1.82, 2.24) is 50.7 Å². The first-order chi connectivity index (χ1) is 63.9. The Morgan fingerprint density at radius 3 is 1.36 bits per heavy atom. The quantitative estimate of drug-likeness (QED) is 0.0188. The minimum atomic E-state index is -1.46. The highest BCUT2D eigenvalue weighted by molar-refractivity contribution is 5.94. The Hall–Kier alpha value is -10.5. The molecule has 0 spiro atoms. The van der Waals surface area contributed by atoms with Crippen molar-refractivity contribution in [3.8, 4) is 18.1 Å². The Balaban J connectivity index is 1.07. The van der Waals surface area contributed by atoms with Gasteiger partial charge in [0, 0.05) is 94.5 Å². The van der Waals surface area contributed by atoms with Crippen LogP contribution >= 0.6 is 0 Å². The number of furan rings is 1. The fourth-order valence-electron chi connectivity index (χ4n) is 19.0. The molecule has 9 N–H and O–H groups in total. The monoisotopic (exact) mass is 1890 g/mol. The molecule has 3 fully saturated rings. The highest BCUT2D eigenvalue weighted by atomic mass is 16.7. The molecule has 4 heterocycles. The highest BCUT2D eigenvalue weighted by Gasteiger charge is 2.49. The summed E-state index contributed by atoms with van der Waals surface area (Å²) in [6, 6.07) is 12.2. The van der Waals surface area contributed by atoms with Crippen molar-refractivity contribution < 1.29 is 125 Å². The first-order valence-corrected chi connectivity index (χ1v) is 47.0. The summed E-state index contributed by atoms with van der Waals surface area (Å²) in [5.74, 6) is -8.68. The zero-order valence-corrected chi connectivity index (χ0v) is 82.5. The molecule has 3 aliphatic heterocycles. The van der Waals surface area contributed by atoms with Crippen LogP contribution in [0.25, 0.3) is 11.0 Å². The van der Waals surface area contributed by atoms with Crippen molar-refractivity contribution in [3.05, 3.63) is 101 Å². The molecule has 0 bridgehead atoms. The average molecular weight is 1890 g/mol. The van der Waals surface area contributed by atoms with E-state index in [4.69, 9.17) is 48.7 Å². The number of carboxylic acids is 2. The molecule has 3 aromatic carbocycles. The van der Waals surface area contributed by atoms with Gasteiger partial charge in [0.2, 0.25) is 53.5 Å². The molecular weight excluding hydrogens is 1750 g/mol. The molecule has 7 rings (SSSR count). The average Bonchev–Trinajstić information content (AvgIpc) is 1.64. The number of terminal acetylenes is 1. The number of nitrogens with zero attached hydrogens (tertiary/aromatic N) is 6. The molecular formula is C99H148N10O26. The van der Waals surface area contributed by atoms with Crippen LogP contribution in [-0.2, 0) is 101 Å². The van der Waals surface area contributed by atoms with E-state index in [2.05, 4.69) is 27.2 Å². The van der Waals surface area contributed by atoms with E-state index in [-0.39, 0.29) is 90.2 Å². The molecule has 3 saturated heterocycles. The van der Waals surface area contributed by atoms with Crippen LogP contribution in [0.1, 0.15) is 190 Å². The largest absolute Gasteiger partial charge is 0.480 e. The van der Waals surface area contributed by atoms with Crippen molar-refractivity contribution in [2.45, 2.75) is 296 Å². The summed E-state index contributed by atoms with van der Waals surface area (Å²) in [6.07, 6.45) is -3.75. The van der Waals surface area contributed by atoms with Crippen molar-refractivity contribution in [1.29, 1.82) is 0 Å². The zero-order valence-electron chi connectivity index (χ0n) is 82.5. The second-order valence-electron chi connectivity index (χ2n) is 37.6. The summed E-state index contributed by atoms with van der Waals surface area (Å²) in [5.41, 5.74) is 1.58. The Labute approximate surface area is 793 Å². The minimum Gasteiger partial charge on any atom is -0.480 e. The van der Waals surface area contributed by atoms with Crippen LogP contribution in [-0.4, -0.2) is 312 Å². The van der Waals surface area contributed by atoms with Gasteiger partial charge in [-0.2, -0.15) is 0 Å². The van der Waals surface area contributed by atoms with Gasteiger partial charge in [-0.15, -0.1) is 12.3 Å². The lowest BCUT2D eigenvalue weighted by Gasteiger charge is -2.41. The number of benzene rings is 3. The number of hydrogen-bond acceptors (Lipinski definition) is 24. The maximum atomic E-state index is 15.2. The molecule has 10 amide bonds. The molecule has 0 saturated carbocycles. The van der Waals surface area contributed by atoms with Gasteiger partial charge in [0.1, 0.15) is 71.7 Å². The number of methoxy groups -OCH3 is 4. The van der Waals surface area contributed by atoms with Crippen LogP contribution in [0.2, 0.25) is 0 Å². The van der Waals surface area contributed by atoms with E-state index in [1.165, 1.54) is 70.5 Å². The van der Waals surface area contributed by atoms with Gasteiger partial charge in [-0.05, 0) is 90.5 Å². The van der Waals surface area contributed by atoms with Gasteiger partial charge in [-0.25, -0.2) is 19.2 Å². The Morgan fingerprint density at radius 1 is 0.556 bits per heavy atom. The number of amides is 10. The number of likely N-dealkylation sites (tertiary alicyclic amines) is 2. The molecule has 36 nitrogen and oxygen atoms in total. The highest BCUT2D eigenvalue weighted by Crippen LogP contribution is 2.40. The van der Waals surface area contributed by atoms with Gasteiger partial charge in [-0.3, -0.25) is 48.2 Å². The number of aliphatic hydroxyl groups excluding tert-OH is 3. The van der Waals surface area contributed by atoms with E-state index in [1.807, 2.05) is 27.7 Å². The van der Waals surface area contributed by atoms with E-state index in [1.54, 1.807) is 154 Å². The summed E-state index contributed by atoms with van der Waals surface area (Å²) in [4.78, 5) is 180. The topological polar surface area (TPSA) is 461 Å². The summed E-state index contributed by atoms with van der Waals surface area (Å²) >= 11 is 0. The molecule has 23 atom stereocenters. The maximum Gasteiger partial charge on any atom is 0.410 e. The van der Waals surface area contributed by atoms with Crippen LogP contribution < -0.4 is 26.0 Å². The number of carbonyl (C=O) groups excluding carboxylic acids is 10. The molecule has 1 aromatic heterocycles. The summed E-state index contributed by atoms with van der Waals surface area (Å²) < 4.78 is 55.1. The summed E-state index contributed by atoms with van der Waals surface area (Å²) in [7, 11) is 11.7. The first kappa shape index (κ1) is 111. The van der Waals surface area contributed by atoms with Gasteiger partial charge in [0.05, 0.1) is 97.8 Å². The van der Waals surface area contributed by atoms with Crippen LogP contribution in [0.4, 0.5) is 9.59 Å². The predicted molar refractivity (Wildman–Crippen MR) is 500 cm³/mol. The number of carboxylic acid groups (broad SMARTS) is 2. The molecule has 5 unspecified atom stereocenters. The maximum absolute atomic E-state index is 15.2. The molecule has 0 aliphatic carbocycles. The van der Waals surface area contributed by atoms with E-state index in [0.29, 0.717) is 51.6 Å². The lowest BCUT2D eigenvalue weighted by molar-refractivity contribution is -0.229. The lowest BCUT2D eigenvalue weighted by Crippen LogP contribution is -2.60. The lowest BCUT2D eigenvalue weighted by atomic mass is 9.89. The third-order valence-electron chi connectivity index (χ3n) is 26.9. The van der Waals surface area contributed by atoms with Gasteiger partial charge in [0.25, 0.3) is 0 Å². The minimum absolute atomic E-state index is 0.0138. The second kappa shape index (κ2) is 52.1.